The van der Waals surface area contributed by atoms with Gasteiger partial charge >= 0.3 is 0 Å². The molecule has 1 aromatic heterocycles. The SMILES string of the molecule is O=S(=O)(c1cccnc1)N(CCCl)C1CC1. The van der Waals surface area contributed by atoms with Gasteiger partial charge in [0, 0.05) is 30.9 Å². The third kappa shape index (κ3) is 2.36. The summed E-state index contributed by atoms with van der Waals surface area (Å²) in [5, 5.41) is 0. The number of hydrogen-bond donors (Lipinski definition) is 0. The average molecular weight is 261 g/mol. The number of hydrogen-bond acceptors (Lipinski definition) is 3. The Bertz CT molecular complexity index is 445. The molecule has 1 saturated carbocycles. The van der Waals surface area contributed by atoms with Crippen LogP contribution in [-0.4, -0.2) is 36.2 Å². The van der Waals surface area contributed by atoms with Gasteiger partial charge in [0.05, 0.1) is 0 Å². The van der Waals surface area contributed by atoms with Crippen LogP contribution in [0.3, 0.4) is 0 Å². The summed E-state index contributed by atoms with van der Waals surface area (Å²) in [6.45, 7) is 0.365. The van der Waals surface area contributed by atoms with Gasteiger partial charge in [-0.3, -0.25) is 4.98 Å². The number of nitrogens with zero attached hydrogens (tertiary/aromatic N) is 2. The Labute approximate surface area is 100 Å². The maximum Gasteiger partial charge on any atom is 0.244 e. The molecule has 1 fully saturated rings. The normalized spacial score (nSPS) is 16.6. The molecule has 0 bridgehead atoms. The van der Waals surface area contributed by atoms with E-state index in [2.05, 4.69) is 4.98 Å². The predicted molar refractivity (Wildman–Crippen MR) is 61.9 cm³/mol. The van der Waals surface area contributed by atoms with Crippen molar-refractivity contribution in [3.8, 4) is 0 Å². The minimum Gasteiger partial charge on any atom is -0.263 e. The molecule has 16 heavy (non-hydrogen) atoms. The van der Waals surface area contributed by atoms with Crippen LogP contribution < -0.4 is 0 Å². The zero-order chi connectivity index (χ0) is 11.6. The van der Waals surface area contributed by atoms with Crippen LogP contribution >= 0.6 is 11.6 Å². The Balaban J connectivity index is 2.29. The molecule has 0 N–H and O–H groups in total. The molecule has 4 nitrogen and oxygen atoms in total. The van der Waals surface area contributed by atoms with Crippen LogP contribution in [0.5, 0.6) is 0 Å². The molecule has 1 aliphatic carbocycles. The second kappa shape index (κ2) is 4.69. The first kappa shape index (κ1) is 11.8. The fourth-order valence-electron chi connectivity index (χ4n) is 1.58. The Morgan fingerprint density at radius 1 is 1.50 bits per heavy atom. The second-order valence-electron chi connectivity index (χ2n) is 3.72. The van der Waals surface area contributed by atoms with Crippen molar-refractivity contribution >= 4 is 21.6 Å². The lowest BCUT2D eigenvalue weighted by Gasteiger charge is -2.20. The van der Waals surface area contributed by atoms with Gasteiger partial charge in [-0.25, -0.2) is 8.42 Å². The van der Waals surface area contributed by atoms with E-state index >= 15 is 0 Å². The Morgan fingerprint density at radius 3 is 2.75 bits per heavy atom. The van der Waals surface area contributed by atoms with Crippen LogP contribution in [0.15, 0.2) is 29.4 Å². The molecule has 0 radical (unpaired) electrons. The molecule has 1 aromatic rings. The van der Waals surface area contributed by atoms with Gasteiger partial charge in [-0.05, 0) is 25.0 Å². The third-order valence-corrected chi connectivity index (χ3v) is 4.60. The highest BCUT2D eigenvalue weighted by Gasteiger charge is 2.37. The van der Waals surface area contributed by atoms with Gasteiger partial charge in [0.2, 0.25) is 10.0 Å². The molecule has 1 heterocycles. The van der Waals surface area contributed by atoms with Gasteiger partial charge in [-0.1, -0.05) is 0 Å². The van der Waals surface area contributed by atoms with Gasteiger partial charge in [-0.15, -0.1) is 11.6 Å². The minimum absolute atomic E-state index is 0.129. The van der Waals surface area contributed by atoms with Crippen LogP contribution in [0.4, 0.5) is 0 Å². The lowest BCUT2D eigenvalue weighted by Crippen LogP contribution is -2.34. The van der Waals surface area contributed by atoms with E-state index in [-0.39, 0.29) is 10.9 Å². The molecule has 0 saturated heterocycles. The quantitative estimate of drug-likeness (QED) is 0.754. The van der Waals surface area contributed by atoms with E-state index in [0.717, 1.165) is 12.8 Å². The first-order chi connectivity index (χ1) is 7.66. The largest absolute Gasteiger partial charge is 0.263 e. The number of alkyl halides is 1. The Morgan fingerprint density at radius 2 is 2.25 bits per heavy atom. The zero-order valence-corrected chi connectivity index (χ0v) is 10.3. The van der Waals surface area contributed by atoms with E-state index in [4.69, 9.17) is 11.6 Å². The predicted octanol–water partition coefficient (Wildman–Crippen LogP) is 1.47. The maximum absolute atomic E-state index is 12.2. The number of rotatable bonds is 5. The number of aromatic nitrogens is 1. The molecule has 0 amide bonds. The van der Waals surface area contributed by atoms with Crippen LogP contribution in [0.1, 0.15) is 12.8 Å². The van der Waals surface area contributed by atoms with Crippen molar-refractivity contribution in [2.45, 2.75) is 23.8 Å². The summed E-state index contributed by atoms with van der Waals surface area (Å²) >= 11 is 5.64. The first-order valence-electron chi connectivity index (χ1n) is 5.14. The second-order valence-corrected chi connectivity index (χ2v) is 5.99. The molecule has 0 unspecified atom stereocenters. The molecule has 0 spiro atoms. The molecule has 2 rings (SSSR count). The van der Waals surface area contributed by atoms with Crippen molar-refractivity contribution in [3.63, 3.8) is 0 Å². The Hall–Kier alpha value is -0.650. The van der Waals surface area contributed by atoms with E-state index in [0.29, 0.717) is 12.4 Å². The van der Waals surface area contributed by atoms with E-state index in [9.17, 15) is 8.42 Å². The Kier molecular flexibility index (Phi) is 3.47. The van der Waals surface area contributed by atoms with E-state index in [1.54, 1.807) is 18.3 Å². The molecule has 0 atom stereocenters. The summed E-state index contributed by atoms with van der Waals surface area (Å²) in [6, 6.07) is 3.31. The summed E-state index contributed by atoms with van der Waals surface area (Å²) in [5.74, 6) is 0.315. The molecule has 88 valence electrons. The standard InChI is InChI=1S/C10H13ClN2O2S/c11-5-7-13(9-3-4-9)16(14,15)10-2-1-6-12-8-10/h1-2,6,8-9H,3-5,7H2. The smallest absolute Gasteiger partial charge is 0.244 e. The summed E-state index contributed by atoms with van der Waals surface area (Å²) in [4.78, 5) is 4.08. The van der Waals surface area contributed by atoms with Gasteiger partial charge < -0.3 is 0 Å². The zero-order valence-electron chi connectivity index (χ0n) is 8.71. The monoisotopic (exact) mass is 260 g/mol. The van der Waals surface area contributed by atoms with Crippen molar-refractivity contribution in [2.75, 3.05) is 12.4 Å². The highest BCUT2D eigenvalue weighted by atomic mass is 35.5. The van der Waals surface area contributed by atoms with Gasteiger partial charge in [-0.2, -0.15) is 4.31 Å². The first-order valence-corrected chi connectivity index (χ1v) is 7.11. The summed E-state index contributed by atoms with van der Waals surface area (Å²) < 4.78 is 25.9. The third-order valence-electron chi connectivity index (χ3n) is 2.50. The van der Waals surface area contributed by atoms with E-state index in [1.165, 1.54) is 10.5 Å². The number of halogens is 1. The fraction of sp³-hybridized carbons (Fsp3) is 0.500. The molecular formula is C10H13ClN2O2S. The van der Waals surface area contributed by atoms with E-state index in [1.807, 2.05) is 0 Å². The lowest BCUT2D eigenvalue weighted by atomic mass is 10.5. The molecule has 0 aromatic carbocycles. The number of pyridine rings is 1. The van der Waals surface area contributed by atoms with Crippen molar-refractivity contribution in [2.24, 2.45) is 0 Å². The van der Waals surface area contributed by atoms with Crippen molar-refractivity contribution in [3.05, 3.63) is 24.5 Å². The molecular weight excluding hydrogens is 248 g/mol. The van der Waals surface area contributed by atoms with Crippen LogP contribution in [0, 0.1) is 0 Å². The highest BCUT2D eigenvalue weighted by Crippen LogP contribution is 2.31. The van der Waals surface area contributed by atoms with Gasteiger partial charge in [0.25, 0.3) is 0 Å². The van der Waals surface area contributed by atoms with Crippen molar-refractivity contribution < 1.29 is 8.42 Å². The van der Waals surface area contributed by atoms with Crippen LogP contribution in [0.25, 0.3) is 0 Å². The van der Waals surface area contributed by atoms with Crippen LogP contribution in [0.2, 0.25) is 0 Å². The van der Waals surface area contributed by atoms with Crippen molar-refractivity contribution in [1.29, 1.82) is 0 Å². The molecule has 1 aliphatic rings. The highest BCUT2D eigenvalue weighted by molar-refractivity contribution is 7.89. The van der Waals surface area contributed by atoms with Crippen LogP contribution in [-0.2, 0) is 10.0 Å². The molecule has 0 aliphatic heterocycles. The molecule has 6 heteroatoms. The van der Waals surface area contributed by atoms with Crippen molar-refractivity contribution in [1.82, 2.24) is 9.29 Å². The minimum atomic E-state index is -3.41. The van der Waals surface area contributed by atoms with Gasteiger partial charge in [0.15, 0.2) is 0 Å². The van der Waals surface area contributed by atoms with Gasteiger partial charge in [0.1, 0.15) is 4.90 Å². The maximum atomic E-state index is 12.2. The van der Waals surface area contributed by atoms with E-state index < -0.39 is 10.0 Å². The number of sulfonamides is 1. The average Bonchev–Trinajstić information content (AvgIpc) is 3.11. The summed E-state index contributed by atoms with van der Waals surface area (Å²) in [7, 11) is -3.41. The fourth-order valence-corrected chi connectivity index (χ4v) is 3.51. The summed E-state index contributed by atoms with van der Waals surface area (Å²) in [5.41, 5.74) is 0. The summed E-state index contributed by atoms with van der Waals surface area (Å²) in [6.07, 6.45) is 4.79. The topological polar surface area (TPSA) is 50.3 Å². The lowest BCUT2D eigenvalue weighted by molar-refractivity contribution is 0.422.